The molecule has 0 saturated carbocycles. The molecule has 2 heterocycles. The zero-order chi connectivity index (χ0) is 16.4. The molecule has 1 aromatic heterocycles. The van der Waals surface area contributed by atoms with Crippen molar-refractivity contribution in [3.8, 4) is 5.88 Å². The van der Waals surface area contributed by atoms with Gasteiger partial charge < -0.3 is 15.0 Å². The Morgan fingerprint density at radius 2 is 2.14 bits per heavy atom. The van der Waals surface area contributed by atoms with Crippen LogP contribution >= 0.6 is 0 Å². The molecule has 0 unspecified atom stereocenters. The number of likely N-dealkylation sites (tertiary alicyclic amines) is 1. The fourth-order valence-corrected chi connectivity index (χ4v) is 2.68. The van der Waals surface area contributed by atoms with Gasteiger partial charge in [0.1, 0.15) is 0 Å². The van der Waals surface area contributed by atoms with Gasteiger partial charge in [0.2, 0.25) is 5.88 Å². The molecule has 1 fully saturated rings. The molecule has 22 heavy (non-hydrogen) atoms. The van der Waals surface area contributed by atoms with Crippen molar-refractivity contribution in [3.63, 3.8) is 0 Å². The van der Waals surface area contributed by atoms with Crippen molar-refractivity contribution in [2.75, 3.05) is 20.2 Å². The van der Waals surface area contributed by atoms with Crippen LogP contribution in [0, 0.1) is 5.41 Å². The van der Waals surface area contributed by atoms with E-state index in [1.54, 1.807) is 13.3 Å². The minimum Gasteiger partial charge on any atom is -0.481 e. The first-order chi connectivity index (χ1) is 10.3. The lowest BCUT2D eigenvalue weighted by Gasteiger charge is -2.62. The molecule has 0 radical (unpaired) electrons. The SMILES string of the molecule is CCNC(=NCc1cccnc1OC)N1CC(C)(C)C1(C)C. The molecule has 1 saturated heterocycles. The Morgan fingerprint density at radius 1 is 1.41 bits per heavy atom. The molecule has 0 aromatic carbocycles. The van der Waals surface area contributed by atoms with Crippen molar-refractivity contribution in [1.82, 2.24) is 15.2 Å². The quantitative estimate of drug-likeness (QED) is 0.686. The molecule has 0 spiro atoms. The molecule has 1 aromatic rings. The first kappa shape index (κ1) is 16.6. The van der Waals surface area contributed by atoms with Gasteiger partial charge in [0.15, 0.2) is 5.96 Å². The van der Waals surface area contributed by atoms with Crippen molar-refractivity contribution in [2.24, 2.45) is 10.4 Å². The fourth-order valence-electron chi connectivity index (χ4n) is 2.68. The highest BCUT2D eigenvalue weighted by Crippen LogP contribution is 2.46. The van der Waals surface area contributed by atoms with Crippen LogP contribution in [0.1, 0.15) is 40.2 Å². The molecule has 5 heteroatoms. The second kappa shape index (κ2) is 6.15. The molecule has 1 N–H and O–H groups in total. The van der Waals surface area contributed by atoms with Gasteiger partial charge in [-0.05, 0) is 26.8 Å². The lowest BCUT2D eigenvalue weighted by Crippen LogP contribution is -2.72. The van der Waals surface area contributed by atoms with E-state index >= 15 is 0 Å². The summed E-state index contributed by atoms with van der Waals surface area (Å²) in [6.07, 6.45) is 1.73. The van der Waals surface area contributed by atoms with Crippen LogP contribution in [0.2, 0.25) is 0 Å². The third-order valence-electron chi connectivity index (χ3n) is 4.92. The van der Waals surface area contributed by atoms with Crippen molar-refractivity contribution in [2.45, 2.75) is 46.7 Å². The Kier molecular flexibility index (Phi) is 4.63. The Labute approximate surface area is 133 Å². The summed E-state index contributed by atoms with van der Waals surface area (Å²) in [6, 6.07) is 3.92. The highest BCUT2D eigenvalue weighted by molar-refractivity contribution is 5.82. The van der Waals surface area contributed by atoms with Crippen LogP contribution in [0.3, 0.4) is 0 Å². The van der Waals surface area contributed by atoms with E-state index in [9.17, 15) is 0 Å². The fraction of sp³-hybridized carbons (Fsp3) is 0.647. The smallest absolute Gasteiger partial charge is 0.218 e. The minimum atomic E-state index is 0.0903. The zero-order valence-corrected chi connectivity index (χ0v) is 14.6. The van der Waals surface area contributed by atoms with Crippen LogP contribution in [-0.4, -0.2) is 41.6 Å². The lowest BCUT2D eigenvalue weighted by molar-refractivity contribution is -0.0667. The van der Waals surface area contributed by atoms with Gasteiger partial charge in [-0.1, -0.05) is 19.9 Å². The predicted molar refractivity (Wildman–Crippen MR) is 90.2 cm³/mol. The number of aromatic nitrogens is 1. The van der Waals surface area contributed by atoms with E-state index in [4.69, 9.17) is 9.73 Å². The number of nitrogens with one attached hydrogen (secondary N) is 1. The summed E-state index contributed by atoms with van der Waals surface area (Å²) >= 11 is 0. The first-order valence-corrected chi connectivity index (χ1v) is 7.87. The van der Waals surface area contributed by atoms with Crippen LogP contribution in [0.15, 0.2) is 23.3 Å². The molecular formula is C17H28N4O. The third kappa shape index (κ3) is 2.89. The molecule has 0 amide bonds. The summed E-state index contributed by atoms with van der Waals surface area (Å²) in [7, 11) is 1.64. The van der Waals surface area contributed by atoms with Gasteiger partial charge in [0.25, 0.3) is 0 Å². The first-order valence-electron chi connectivity index (χ1n) is 7.87. The van der Waals surface area contributed by atoms with Gasteiger partial charge in [-0.3, -0.25) is 0 Å². The summed E-state index contributed by atoms with van der Waals surface area (Å²) in [6.45, 7) is 13.7. The number of hydrogen-bond donors (Lipinski definition) is 1. The topological polar surface area (TPSA) is 49.8 Å². The van der Waals surface area contributed by atoms with Crippen LogP contribution in [0.5, 0.6) is 5.88 Å². The molecule has 0 bridgehead atoms. The van der Waals surface area contributed by atoms with Gasteiger partial charge in [0.05, 0.1) is 13.7 Å². The molecule has 5 nitrogen and oxygen atoms in total. The van der Waals surface area contributed by atoms with E-state index in [1.807, 2.05) is 12.1 Å². The maximum absolute atomic E-state index is 5.30. The summed E-state index contributed by atoms with van der Waals surface area (Å²) in [5.74, 6) is 1.60. The van der Waals surface area contributed by atoms with E-state index < -0.39 is 0 Å². The van der Waals surface area contributed by atoms with Crippen LogP contribution < -0.4 is 10.1 Å². The third-order valence-corrected chi connectivity index (χ3v) is 4.92. The van der Waals surface area contributed by atoms with Crippen molar-refractivity contribution in [1.29, 1.82) is 0 Å². The molecule has 0 aliphatic carbocycles. The number of guanidine groups is 1. The number of pyridine rings is 1. The van der Waals surface area contributed by atoms with Gasteiger partial charge >= 0.3 is 0 Å². The number of nitrogens with zero attached hydrogens (tertiary/aromatic N) is 3. The average Bonchev–Trinajstić information content (AvgIpc) is 2.49. The Hall–Kier alpha value is -1.78. The van der Waals surface area contributed by atoms with Gasteiger partial charge in [-0.15, -0.1) is 0 Å². The van der Waals surface area contributed by atoms with Gasteiger partial charge in [-0.25, -0.2) is 9.98 Å². The van der Waals surface area contributed by atoms with Crippen molar-refractivity contribution in [3.05, 3.63) is 23.9 Å². The standard InChI is InChI=1S/C17H28N4O/c1-7-18-15(21-12-16(2,3)17(21,4)5)20-11-13-9-8-10-19-14(13)22-6/h8-10H,7,11-12H2,1-6H3,(H,18,20). The predicted octanol–water partition coefficient (Wildman–Crippen LogP) is 2.68. The summed E-state index contributed by atoms with van der Waals surface area (Å²) in [5.41, 5.74) is 1.38. The zero-order valence-electron chi connectivity index (χ0n) is 14.6. The van der Waals surface area contributed by atoms with Crippen LogP contribution in [0.4, 0.5) is 0 Å². The van der Waals surface area contributed by atoms with Gasteiger partial charge in [-0.2, -0.15) is 0 Å². The highest BCUT2D eigenvalue weighted by atomic mass is 16.5. The summed E-state index contributed by atoms with van der Waals surface area (Å²) in [5, 5.41) is 3.40. The van der Waals surface area contributed by atoms with E-state index in [-0.39, 0.29) is 11.0 Å². The van der Waals surface area contributed by atoms with E-state index in [0.29, 0.717) is 12.4 Å². The number of methoxy groups -OCH3 is 1. The maximum Gasteiger partial charge on any atom is 0.218 e. The van der Waals surface area contributed by atoms with E-state index in [1.165, 1.54) is 0 Å². The number of ether oxygens (including phenoxy) is 1. The maximum atomic E-state index is 5.30. The van der Waals surface area contributed by atoms with E-state index in [2.05, 4.69) is 49.8 Å². The summed E-state index contributed by atoms with van der Waals surface area (Å²) in [4.78, 5) is 11.4. The minimum absolute atomic E-state index is 0.0903. The Bertz CT molecular complexity index is 551. The largest absolute Gasteiger partial charge is 0.481 e. The van der Waals surface area contributed by atoms with Crippen molar-refractivity contribution >= 4 is 5.96 Å². The highest BCUT2D eigenvalue weighted by Gasteiger charge is 2.53. The van der Waals surface area contributed by atoms with E-state index in [0.717, 1.165) is 24.6 Å². The molecule has 0 atom stereocenters. The number of rotatable bonds is 4. The second-order valence-electron chi connectivity index (χ2n) is 6.87. The lowest BCUT2D eigenvalue weighted by atomic mass is 9.65. The van der Waals surface area contributed by atoms with Crippen molar-refractivity contribution < 1.29 is 4.74 Å². The average molecular weight is 304 g/mol. The Morgan fingerprint density at radius 3 is 2.68 bits per heavy atom. The summed E-state index contributed by atoms with van der Waals surface area (Å²) < 4.78 is 5.30. The monoisotopic (exact) mass is 304 g/mol. The molecule has 2 rings (SSSR count). The second-order valence-corrected chi connectivity index (χ2v) is 6.87. The number of hydrogen-bond acceptors (Lipinski definition) is 3. The molecular weight excluding hydrogens is 276 g/mol. The van der Waals surface area contributed by atoms with Crippen LogP contribution in [-0.2, 0) is 6.54 Å². The van der Waals surface area contributed by atoms with Crippen LogP contribution in [0.25, 0.3) is 0 Å². The normalized spacial score (nSPS) is 19.5. The molecule has 1 aliphatic heterocycles. The molecule has 1 aliphatic rings. The molecule has 122 valence electrons. The Balaban J connectivity index is 2.19. The van der Waals surface area contributed by atoms with Gasteiger partial charge in [0, 0.05) is 35.8 Å². The number of aliphatic imine (C=N–C) groups is 1.